The van der Waals surface area contributed by atoms with Gasteiger partial charge in [-0.15, -0.1) is 0 Å². The first-order chi connectivity index (χ1) is 20.0. The monoisotopic (exact) mass is 547 g/mol. The number of ether oxygens (including phenoxy) is 1. The molecule has 0 aliphatic carbocycles. The van der Waals surface area contributed by atoms with Gasteiger partial charge >= 0.3 is 0 Å². The fourth-order valence-electron chi connectivity index (χ4n) is 5.31. The fourth-order valence-corrected chi connectivity index (χ4v) is 5.31. The molecule has 0 bridgehead atoms. The zero-order valence-corrected chi connectivity index (χ0v) is 22.6. The molecule has 2 aromatic carbocycles. The van der Waals surface area contributed by atoms with E-state index in [4.69, 9.17) is 4.74 Å². The third-order valence-electron chi connectivity index (χ3n) is 7.29. The standard InChI is InChI=1S/C32H29N5O4/c1-22-28(36-17-6-5-10-26(36)34-22)30(38)27-29(37(32(40)31(27)39)18-7-16-35-19-15-33-21-35)24-11-13-25(14-12-24)41-20-23-8-3-2-4-9-23/h2-6,8-15,17,19,21,29,38H,7,16,18,20H2,1H3/b30-27+. The normalized spacial score (nSPS) is 16.5. The van der Waals surface area contributed by atoms with Gasteiger partial charge in [-0.3, -0.25) is 14.0 Å². The van der Waals surface area contributed by atoms with Gasteiger partial charge in [-0.2, -0.15) is 0 Å². The zero-order valence-electron chi connectivity index (χ0n) is 22.6. The lowest BCUT2D eigenvalue weighted by Crippen LogP contribution is -2.31. The molecule has 1 saturated heterocycles. The second-order valence-electron chi connectivity index (χ2n) is 9.96. The molecule has 3 aromatic heterocycles. The number of imidazole rings is 2. The number of benzene rings is 2. The number of pyridine rings is 1. The van der Waals surface area contributed by atoms with Gasteiger partial charge in [-0.25, -0.2) is 9.97 Å². The molecule has 1 atom stereocenters. The molecule has 9 nitrogen and oxygen atoms in total. The molecule has 1 fully saturated rings. The molecule has 1 aliphatic heterocycles. The summed E-state index contributed by atoms with van der Waals surface area (Å²) in [7, 11) is 0. The van der Waals surface area contributed by atoms with Crippen LogP contribution in [0.1, 0.15) is 35.0 Å². The first-order valence-electron chi connectivity index (χ1n) is 13.5. The summed E-state index contributed by atoms with van der Waals surface area (Å²) in [6.45, 7) is 3.15. The van der Waals surface area contributed by atoms with Gasteiger partial charge in [0.05, 0.1) is 23.6 Å². The number of ketones is 1. The minimum atomic E-state index is -0.769. The number of amides is 1. The number of aliphatic hydroxyl groups is 1. The van der Waals surface area contributed by atoms with Crippen molar-refractivity contribution in [3.63, 3.8) is 0 Å². The van der Waals surface area contributed by atoms with E-state index in [-0.39, 0.29) is 11.3 Å². The van der Waals surface area contributed by atoms with Crippen molar-refractivity contribution in [1.29, 1.82) is 0 Å². The summed E-state index contributed by atoms with van der Waals surface area (Å²) in [6.07, 6.45) is 7.65. The molecule has 0 saturated carbocycles. The van der Waals surface area contributed by atoms with Gasteiger partial charge in [0.15, 0.2) is 5.76 Å². The Bertz CT molecular complexity index is 1720. The topological polar surface area (TPSA) is 102 Å². The average molecular weight is 548 g/mol. The summed E-state index contributed by atoms with van der Waals surface area (Å²) in [5, 5.41) is 11.6. The molecule has 6 rings (SSSR count). The van der Waals surface area contributed by atoms with E-state index in [2.05, 4.69) is 9.97 Å². The van der Waals surface area contributed by atoms with Gasteiger partial charge < -0.3 is 19.3 Å². The van der Waals surface area contributed by atoms with Gasteiger partial charge in [-0.05, 0) is 48.7 Å². The first kappa shape index (κ1) is 26.1. The lowest BCUT2D eigenvalue weighted by molar-refractivity contribution is -0.139. The van der Waals surface area contributed by atoms with Crippen molar-refractivity contribution in [2.75, 3.05) is 6.54 Å². The van der Waals surface area contributed by atoms with E-state index in [1.165, 1.54) is 0 Å². The van der Waals surface area contributed by atoms with Crippen molar-refractivity contribution in [3.05, 3.63) is 126 Å². The molecule has 1 N–H and O–H groups in total. The van der Waals surface area contributed by atoms with Gasteiger partial charge in [0.2, 0.25) is 0 Å². The Morgan fingerprint density at radius 2 is 1.73 bits per heavy atom. The van der Waals surface area contributed by atoms with Crippen molar-refractivity contribution < 1.29 is 19.4 Å². The van der Waals surface area contributed by atoms with Crippen LogP contribution in [0.2, 0.25) is 0 Å². The van der Waals surface area contributed by atoms with E-state index < -0.39 is 17.7 Å². The zero-order chi connectivity index (χ0) is 28.3. The van der Waals surface area contributed by atoms with Crippen molar-refractivity contribution in [1.82, 2.24) is 23.8 Å². The maximum atomic E-state index is 13.5. The average Bonchev–Trinajstić information content (AvgIpc) is 3.70. The summed E-state index contributed by atoms with van der Waals surface area (Å²) in [5.41, 5.74) is 3.38. The summed E-state index contributed by atoms with van der Waals surface area (Å²) < 4.78 is 9.61. The minimum absolute atomic E-state index is 0.0457. The van der Waals surface area contributed by atoms with Gasteiger partial charge in [-0.1, -0.05) is 48.5 Å². The number of hydrogen-bond donors (Lipinski definition) is 1. The van der Waals surface area contributed by atoms with E-state index in [1.54, 1.807) is 34.9 Å². The number of fused-ring (bicyclic) bond motifs is 1. The predicted molar refractivity (Wildman–Crippen MR) is 153 cm³/mol. The second-order valence-corrected chi connectivity index (χ2v) is 9.96. The number of rotatable bonds is 9. The maximum absolute atomic E-state index is 13.5. The molecule has 5 aromatic rings. The molecule has 0 spiro atoms. The number of aromatic nitrogens is 4. The van der Waals surface area contributed by atoms with Crippen LogP contribution >= 0.6 is 0 Å². The highest BCUT2D eigenvalue weighted by Gasteiger charge is 2.46. The number of aryl methyl sites for hydroxylation is 2. The number of hydrogen-bond acceptors (Lipinski definition) is 6. The Morgan fingerprint density at radius 3 is 2.49 bits per heavy atom. The predicted octanol–water partition coefficient (Wildman–Crippen LogP) is 4.93. The Morgan fingerprint density at radius 1 is 0.951 bits per heavy atom. The fraction of sp³-hybridized carbons (Fsp3) is 0.188. The van der Waals surface area contributed by atoms with Gasteiger partial charge in [0.25, 0.3) is 11.7 Å². The SMILES string of the molecule is Cc1nc2ccccn2c1/C(O)=C1\C(=O)C(=O)N(CCCn2ccnc2)C1c1ccc(OCc2ccccc2)cc1. The Kier molecular flexibility index (Phi) is 7.08. The molecule has 0 radical (unpaired) electrons. The molecule has 1 aliphatic rings. The van der Waals surface area contributed by atoms with Gasteiger partial charge in [0.1, 0.15) is 23.7 Å². The number of Topliss-reactive ketones (excluding diaryl/α,β-unsaturated/α-hetero) is 1. The van der Waals surface area contributed by atoms with E-state index >= 15 is 0 Å². The second kappa shape index (κ2) is 11.1. The van der Waals surface area contributed by atoms with Crippen molar-refractivity contribution >= 4 is 23.1 Å². The summed E-state index contributed by atoms with van der Waals surface area (Å²) in [6, 6.07) is 21.9. The molecule has 1 amide bonds. The number of nitrogens with zero attached hydrogens (tertiary/aromatic N) is 5. The largest absolute Gasteiger partial charge is 0.505 e. The number of aliphatic hydroxyl groups excluding tert-OH is 1. The van der Waals surface area contributed by atoms with Crippen LogP contribution in [0.3, 0.4) is 0 Å². The van der Waals surface area contributed by atoms with Crippen LogP contribution in [-0.2, 0) is 22.7 Å². The van der Waals surface area contributed by atoms with E-state index in [0.717, 1.165) is 5.56 Å². The van der Waals surface area contributed by atoms with Gasteiger partial charge in [0, 0.05) is 31.7 Å². The van der Waals surface area contributed by atoms with E-state index in [9.17, 15) is 14.7 Å². The Hall–Kier alpha value is -5.18. The van der Waals surface area contributed by atoms with Crippen LogP contribution in [0.5, 0.6) is 5.75 Å². The molecular weight excluding hydrogens is 518 g/mol. The first-order valence-corrected chi connectivity index (χ1v) is 13.5. The van der Waals surface area contributed by atoms with Crippen LogP contribution in [0.4, 0.5) is 0 Å². The van der Waals surface area contributed by atoms with Crippen LogP contribution in [-0.4, -0.2) is 47.2 Å². The summed E-state index contributed by atoms with van der Waals surface area (Å²) in [5.74, 6) is -0.943. The Labute approximate surface area is 237 Å². The number of likely N-dealkylation sites (tertiary alicyclic amines) is 1. The maximum Gasteiger partial charge on any atom is 0.295 e. The Balaban J connectivity index is 1.36. The number of carbonyl (C=O) groups is 2. The molecular formula is C32H29N5O4. The van der Waals surface area contributed by atoms with Crippen LogP contribution < -0.4 is 4.74 Å². The number of carbonyl (C=O) groups excluding carboxylic acids is 2. The van der Waals surface area contributed by atoms with Crippen molar-refractivity contribution in [2.24, 2.45) is 0 Å². The third-order valence-corrected chi connectivity index (χ3v) is 7.29. The van der Waals surface area contributed by atoms with Crippen molar-refractivity contribution in [2.45, 2.75) is 32.5 Å². The molecule has 9 heteroatoms. The summed E-state index contributed by atoms with van der Waals surface area (Å²) in [4.78, 5) is 37.1. The van der Waals surface area contributed by atoms with E-state index in [1.807, 2.05) is 83.6 Å². The van der Waals surface area contributed by atoms with E-state index in [0.29, 0.717) is 54.5 Å². The highest BCUT2D eigenvalue weighted by Crippen LogP contribution is 2.40. The summed E-state index contributed by atoms with van der Waals surface area (Å²) >= 11 is 0. The quantitative estimate of drug-likeness (QED) is 0.160. The third kappa shape index (κ3) is 5.09. The van der Waals surface area contributed by atoms with Crippen LogP contribution in [0, 0.1) is 6.92 Å². The lowest BCUT2D eigenvalue weighted by Gasteiger charge is -2.25. The molecule has 41 heavy (non-hydrogen) atoms. The smallest absolute Gasteiger partial charge is 0.295 e. The molecule has 4 heterocycles. The minimum Gasteiger partial charge on any atom is -0.505 e. The molecule has 1 unspecified atom stereocenters. The highest BCUT2D eigenvalue weighted by atomic mass is 16.5. The highest BCUT2D eigenvalue weighted by molar-refractivity contribution is 6.46. The van der Waals surface area contributed by atoms with Crippen molar-refractivity contribution in [3.8, 4) is 5.75 Å². The van der Waals surface area contributed by atoms with Crippen LogP contribution in [0.25, 0.3) is 11.4 Å². The van der Waals surface area contributed by atoms with Crippen LogP contribution in [0.15, 0.2) is 103 Å². The lowest BCUT2D eigenvalue weighted by atomic mass is 9.96. The molecule has 206 valence electrons.